The van der Waals surface area contributed by atoms with Gasteiger partial charge in [0.25, 0.3) is 11.6 Å². The molecule has 0 bridgehead atoms. The molecule has 134 valence electrons. The summed E-state index contributed by atoms with van der Waals surface area (Å²) in [6.45, 7) is 0. The lowest BCUT2D eigenvalue weighted by Crippen LogP contribution is -2.17. The number of methoxy groups -OCH3 is 1. The molecular formula is C13H10BrF3N4O4. The second kappa shape index (κ2) is 6.70. The maximum Gasteiger partial charge on any atom is 0.436 e. The summed E-state index contributed by atoms with van der Waals surface area (Å²) in [5, 5.41) is 16.6. The largest absolute Gasteiger partial charge is 0.496 e. The summed E-state index contributed by atoms with van der Waals surface area (Å²) >= 11 is 2.70. The third-order valence-electron chi connectivity index (χ3n) is 3.12. The van der Waals surface area contributed by atoms with Gasteiger partial charge >= 0.3 is 6.18 Å². The molecule has 0 saturated carbocycles. The summed E-state index contributed by atoms with van der Waals surface area (Å²) in [7, 11) is 2.46. The molecule has 1 aromatic heterocycles. The van der Waals surface area contributed by atoms with Gasteiger partial charge in [-0.25, -0.2) is 0 Å². The highest BCUT2D eigenvalue weighted by atomic mass is 79.9. The van der Waals surface area contributed by atoms with E-state index in [1.54, 1.807) is 0 Å². The van der Waals surface area contributed by atoms with E-state index in [4.69, 9.17) is 4.74 Å². The van der Waals surface area contributed by atoms with Crippen molar-refractivity contribution in [2.24, 2.45) is 7.05 Å². The van der Waals surface area contributed by atoms with Gasteiger partial charge in [-0.3, -0.25) is 19.6 Å². The Labute approximate surface area is 146 Å². The molecule has 25 heavy (non-hydrogen) atoms. The van der Waals surface area contributed by atoms with Crippen LogP contribution in [0.3, 0.4) is 0 Å². The Morgan fingerprint density at radius 3 is 2.56 bits per heavy atom. The first kappa shape index (κ1) is 18.7. The minimum absolute atomic E-state index is 0.186. The Morgan fingerprint density at radius 2 is 2.08 bits per heavy atom. The van der Waals surface area contributed by atoms with Gasteiger partial charge in [-0.05, 0) is 28.1 Å². The van der Waals surface area contributed by atoms with Crippen molar-refractivity contribution in [3.8, 4) is 5.75 Å². The van der Waals surface area contributed by atoms with Gasteiger partial charge in [-0.15, -0.1) is 0 Å². The molecule has 0 radical (unpaired) electrons. The van der Waals surface area contributed by atoms with Crippen LogP contribution in [0, 0.1) is 10.1 Å². The summed E-state index contributed by atoms with van der Waals surface area (Å²) in [6.07, 6.45) is -4.76. The van der Waals surface area contributed by atoms with Gasteiger partial charge in [0, 0.05) is 7.05 Å². The van der Waals surface area contributed by atoms with Gasteiger partial charge in [-0.2, -0.15) is 18.3 Å². The van der Waals surface area contributed by atoms with Crippen molar-refractivity contribution in [1.82, 2.24) is 9.78 Å². The number of carbonyl (C=O) groups is 1. The monoisotopic (exact) mass is 422 g/mol. The maximum absolute atomic E-state index is 12.8. The number of rotatable bonds is 4. The van der Waals surface area contributed by atoms with Crippen LogP contribution in [0.2, 0.25) is 0 Å². The molecule has 12 heteroatoms. The highest BCUT2D eigenvalue weighted by Crippen LogP contribution is 2.36. The zero-order chi connectivity index (χ0) is 18.9. The minimum Gasteiger partial charge on any atom is -0.496 e. The number of aromatic nitrogens is 2. The van der Waals surface area contributed by atoms with Crippen LogP contribution in [0.15, 0.2) is 22.7 Å². The summed E-state index contributed by atoms with van der Waals surface area (Å²) in [5.41, 5.74) is -2.37. The standard InChI is InChI=1S/C13H10BrF3N4O4/c1-20-10(9(14)11(19-20)13(15,16)17)12(22)18-7-4-3-6(25-2)5-8(7)21(23)24/h3-5H,1-2H3,(H,18,22). The lowest BCUT2D eigenvalue weighted by Gasteiger charge is -2.08. The number of amides is 1. The Kier molecular flexibility index (Phi) is 5.02. The van der Waals surface area contributed by atoms with Gasteiger partial charge in [0.1, 0.15) is 17.1 Å². The molecule has 0 unspecified atom stereocenters. The average Bonchev–Trinajstić information content (AvgIpc) is 2.82. The van der Waals surface area contributed by atoms with E-state index in [9.17, 15) is 28.1 Å². The van der Waals surface area contributed by atoms with Crippen LogP contribution in [0.1, 0.15) is 16.2 Å². The number of nitro benzene ring substituents is 1. The Morgan fingerprint density at radius 1 is 1.44 bits per heavy atom. The predicted molar refractivity (Wildman–Crippen MR) is 83.5 cm³/mol. The number of aryl methyl sites for hydroxylation is 1. The first-order valence-electron chi connectivity index (χ1n) is 6.49. The van der Waals surface area contributed by atoms with Crippen molar-refractivity contribution >= 4 is 33.2 Å². The Bertz CT molecular complexity index is 851. The quantitative estimate of drug-likeness (QED) is 0.601. The van der Waals surface area contributed by atoms with Crippen molar-refractivity contribution < 1.29 is 27.6 Å². The molecule has 0 aliphatic rings. The number of anilines is 1. The van der Waals surface area contributed by atoms with Gasteiger partial charge in [0.2, 0.25) is 0 Å². The van der Waals surface area contributed by atoms with Crippen molar-refractivity contribution in [1.29, 1.82) is 0 Å². The zero-order valence-corrected chi connectivity index (χ0v) is 14.3. The number of halogens is 4. The maximum atomic E-state index is 12.8. The van der Waals surface area contributed by atoms with Crippen molar-refractivity contribution in [2.75, 3.05) is 12.4 Å². The van der Waals surface area contributed by atoms with E-state index in [1.165, 1.54) is 19.2 Å². The third kappa shape index (κ3) is 3.73. The van der Waals surface area contributed by atoms with Crippen LogP contribution in [-0.2, 0) is 13.2 Å². The smallest absolute Gasteiger partial charge is 0.436 e. The first-order chi connectivity index (χ1) is 11.6. The minimum atomic E-state index is -4.76. The fraction of sp³-hybridized carbons (Fsp3) is 0.231. The highest BCUT2D eigenvalue weighted by molar-refractivity contribution is 9.10. The third-order valence-corrected chi connectivity index (χ3v) is 3.87. The zero-order valence-electron chi connectivity index (χ0n) is 12.7. The Balaban J connectivity index is 2.42. The summed E-state index contributed by atoms with van der Waals surface area (Å²) in [6, 6.07) is 3.65. The molecule has 0 fully saturated rings. The fourth-order valence-electron chi connectivity index (χ4n) is 2.00. The molecule has 0 aliphatic carbocycles. The fourth-order valence-corrected chi connectivity index (χ4v) is 2.74. The molecule has 0 atom stereocenters. The average molecular weight is 423 g/mol. The topological polar surface area (TPSA) is 99.3 Å². The van der Waals surface area contributed by atoms with E-state index in [-0.39, 0.29) is 11.4 Å². The number of hydrogen-bond donors (Lipinski definition) is 1. The number of carbonyl (C=O) groups excluding carboxylic acids is 1. The van der Waals surface area contributed by atoms with Crippen molar-refractivity contribution in [3.63, 3.8) is 0 Å². The van der Waals surface area contributed by atoms with E-state index in [0.717, 1.165) is 17.8 Å². The van der Waals surface area contributed by atoms with Crippen molar-refractivity contribution in [3.05, 3.63) is 44.2 Å². The number of alkyl halides is 3. The van der Waals surface area contributed by atoms with Gasteiger partial charge in [0.05, 0.1) is 22.6 Å². The van der Waals surface area contributed by atoms with Crippen LogP contribution in [0.4, 0.5) is 24.5 Å². The van der Waals surface area contributed by atoms with Crippen LogP contribution in [0.25, 0.3) is 0 Å². The van der Waals surface area contributed by atoms with E-state index in [0.29, 0.717) is 0 Å². The SMILES string of the molecule is COc1ccc(NC(=O)c2c(Br)c(C(F)(F)F)nn2C)c([N+](=O)[O-])c1. The molecule has 0 saturated heterocycles. The molecule has 1 amide bonds. The normalized spacial score (nSPS) is 11.3. The Hall–Kier alpha value is -2.63. The lowest BCUT2D eigenvalue weighted by atomic mass is 10.2. The number of hydrogen-bond acceptors (Lipinski definition) is 5. The van der Waals surface area contributed by atoms with Gasteiger partial charge in [-0.1, -0.05) is 0 Å². The number of benzene rings is 1. The highest BCUT2D eigenvalue weighted by Gasteiger charge is 2.39. The summed E-state index contributed by atoms with van der Waals surface area (Å²) < 4.78 is 43.6. The van der Waals surface area contributed by atoms with Crippen LogP contribution < -0.4 is 10.1 Å². The van der Waals surface area contributed by atoms with E-state index in [2.05, 4.69) is 26.3 Å². The molecule has 1 heterocycles. The number of nitrogens with one attached hydrogen (secondary N) is 1. The molecule has 1 N–H and O–H groups in total. The summed E-state index contributed by atoms with van der Waals surface area (Å²) in [4.78, 5) is 22.7. The molecule has 2 aromatic rings. The molecule has 0 aliphatic heterocycles. The van der Waals surface area contributed by atoms with Crippen LogP contribution in [0.5, 0.6) is 5.75 Å². The second-order valence-corrected chi connectivity index (χ2v) is 5.52. The van der Waals surface area contributed by atoms with Crippen LogP contribution >= 0.6 is 15.9 Å². The number of nitro groups is 1. The predicted octanol–water partition coefficient (Wildman–Crippen LogP) is 3.37. The summed E-state index contributed by atoms with van der Waals surface area (Å²) in [5.74, 6) is -0.809. The molecule has 1 aromatic carbocycles. The lowest BCUT2D eigenvalue weighted by molar-refractivity contribution is -0.384. The molecule has 0 spiro atoms. The van der Waals surface area contributed by atoms with Gasteiger partial charge in [0.15, 0.2) is 5.69 Å². The van der Waals surface area contributed by atoms with E-state index < -0.39 is 38.6 Å². The number of nitrogens with zero attached hydrogens (tertiary/aromatic N) is 3. The number of ether oxygens (including phenoxy) is 1. The van der Waals surface area contributed by atoms with E-state index >= 15 is 0 Å². The molecular weight excluding hydrogens is 413 g/mol. The van der Waals surface area contributed by atoms with E-state index in [1.807, 2.05) is 0 Å². The second-order valence-electron chi connectivity index (χ2n) is 4.73. The molecule has 2 rings (SSSR count). The van der Waals surface area contributed by atoms with Crippen molar-refractivity contribution in [2.45, 2.75) is 6.18 Å². The first-order valence-corrected chi connectivity index (χ1v) is 7.29. The van der Waals surface area contributed by atoms with Crippen LogP contribution in [-0.4, -0.2) is 27.7 Å². The molecule has 8 nitrogen and oxygen atoms in total. The van der Waals surface area contributed by atoms with Gasteiger partial charge < -0.3 is 10.1 Å².